The third-order valence-corrected chi connectivity index (χ3v) is 4.16. The van der Waals surface area contributed by atoms with E-state index in [1.54, 1.807) is 16.9 Å². The highest BCUT2D eigenvalue weighted by molar-refractivity contribution is 6.07. The van der Waals surface area contributed by atoms with Crippen LogP contribution in [0.5, 0.6) is 11.5 Å². The highest BCUT2D eigenvalue weighted by Crippen LogP contribution is 2.37. The second-order valence-electron chi connectivity index (χ2n) is 6.34. The smallest absolute Gasteiger partial charge is 0.335 e. The van der Waals surface area contributed by atoms with Crippen LogP contribution in [0, 0.1) is 0 Å². The zero-order chi connectivity index (χ0) is 20.4. The Balaban J connectivity index is 1.97. The van der Waals surface area contributed by atoms with Crippen molar-refractivity contribution < 1.29 is 24.2 Å². The highest BCUT2D eigenvalue weighted by atomic mass is 16.5. The van der Waals surface area contributed by atoms with Crippen LogP contribution in [0.1, 0.15) is 40.6 Å². The second-order valence-corrected chi connectivity index (χ2v) is 6.34. The van der Waals surface area contributed by atoms with Crippen LogP contribution in [0.25, 0.3) is 11.0 Å². The first kappa shape index (κ1) is 19.2. The van der Waals surface area contributed by atoms with Crippen molar-refractivity contribution in [1.82, 2.24) is 14.8 Å². The Morgan fingerprint density at radius 2 is 1.86 bits per heavy atom. The molecule has 28 heavy (non-hydrogen) atoms. The molecule has 0 aliphatic heterocycles. The van der Waals surface area contributed by atoms with Crippen molar-refractivity contribution in [2.75, 3.05) is 19.5 Å². The molecular weight excluding hydrogens is 364 g/mol. The molecule has 1 amide bonds. The number of rotatable bonds is 6. The Bertz CT molecular complexity index is 1060. The largest absolute Gasteiger partial charge is 0.493 e. The summed E-state index contributed by atoms with van der Waals surface area (Å²) in [4.78, 5) is 28.4. The third kappa shape index (κ3) is 3.46. The molecule has 2 aromatic heterocycles. The van der Waals surface area contributed by atoms with Crippen LogP contribution in [0.3, 0.4) is 0 Å². The Morgan fingerprint density at radius 3 is 2.46 bits per heavy atom. The first-order valence-corrected chi connectivity index (χ1v) is 8.49. The number of aromatic carboxylic acids is 1. The van der Waals surface area contributed by atoms with Gasteiger partial charge >= 0.3 is 5.97 Å². The number of carboxylic acids is 1. The van der Waals surface area contributed by atoms with Gasteiger partial charge in [-0.05, 0) is 32.0 Å². The molecule has 0 aliphatic carbocycles. The van der Waals surface area contributed by atoms with Gasteiger partial charge in [-0.1, -0.05) is 0 Å². The maximum atomic E-state index is 12.7. The van der Waals surface area contributed by atoms with Crippen LogP contribution in [0.2, 0.25) is 0 Å². The Labute approximate surface area is 160 Å². The van der Waals surface area contributed by atoms with Gasteiger partial charge in [-0.2, -0.15) is 5.10 Å². The van der Waals surface area contributed by atoms with Gasteiger partial charge in [0.1, 0.15) is 0 Å². The minimum Gasteiger partial charge on any atom is -0.493 e. The lowest BCUT2D eigenvalue weighted by Gasteiger charge is -2.15. The fourth-order valence-corrected chi connectivity index (χ4v) is 2.82. The normalized spacial score (nSPS) is 10.9. The summed E-state index contributed by atoms with van der Waals surface area (Å²) in [7, 11) is 2.79. The average molecular weight is 384 g/mol. The summed E-state index contributed by atoms with van der Waals surface area (Å²) < 4.78 is 12.2. The molecule has 0 atom stereocenters. The van der Waals surface area contributed by atoms with Crippen LogP contribution < -0.4 is 14.8 Å². The van der Waals surface area contributed by atoms with Gasteiger partial charge in [0.05, 0.1) is 37.2 Å². The third-order valence-electron chi connectivity index (χ3n) is 4.16. The molecule has 3 aromatic rings. The number of methoxy groups -OCH3 is 2. The molecule has 0 spiro atoms. The van der Waals surface area contributed by atoms with Crippen LogP contribution in [-0.2, 0) is 0 Å². The predicted molar refractivity (Wildman–Crippen MR) is 102 cm³/mol. The van der Waals surface area contributed by atoms with Crippen molar-refractivity contribution in [2.24, 2.45) is 0 Å². The predicted octanol–water partition coefficient (Wildman–Crippen LogP) is 2.98. The van der Waals surface area contributed by atoms with Gasteiger partial charge in [-0.3, -0.25) is 4.79 Å². The molecule has 0 radical (unpaired) electrons. The molecular formula is C19H20N4O5. The zero-order valence-electron chi connectivity index (χ0n) is 15.9. The Kier molecular flexibility index (Phi) is 5.16. The van der Waals surface area contributed by atoms with E-state index in [2.05, 4.69) is 15.4 Å². The van der Waals surface area contributed by atoms with Gasteiger partial charge in [-0.15, -0.1) is 0 Å². The van der Waals surface area contributed by atoms with E-state index in [0.717, 1.165) is 5.39 Å². The van der Waals surface area contributed by atoms with Crippen LogP contribution in [0.15, 0.2) is 30.6 Å². The number of aromatic nitrogens is 3. The summed E-state index contributed by atoms with van der Waals surface area (Å²) in [5.74, 6) is -1.19. The lowest BCUT2D eigenvalue weighted by Crippen LogP contribution is -2.14. The molecule has 0 fully saturated rings. The average Bonchev–Trinajstić information content (AvgIpc) is 3.10. The van der Waals surface area contributed by atoms with Crippen LogP contribution in [0.4, 0.5) is 5.69 Å². The van der Waals surface area contributed by atoms with Crippen molar-refractivity contribution in [3.8, 4) is 11.5 Å². The van der Waals surface area contributed by atoms with Gasteiger partial charge in [-0.25, -0.2) is 14.5 Å². The highest BCUT2D eigenvalue weighted by Gasteiger charge is 2.19. The van der Waals surface area contributed by atoms with E-state index in [9.17, 15) is 14.7 Å². The van der Waals surface area contributed by atoms with E-state index in [1.807, 2.05) is 13.8 Å². The lowest BCUT2D eigenvalue weighted by atomic mass is 10.1. The zero-order valence-corrected chi connectivity index (χ0v) is 15.9. The maximum Gasteiger partial charge on any atom is 0.335 e. The number of carbonyl (C=O) groups is 2. The molecule has 9 heteroatoms. The summed E-state index contributed by atoms with van der Waals surface area (Å²) >= 11 is 0. The number of fused-ring (bicyclic) bond motifs is 1. The molecule has 2 heterocycles. The van der Waals surface area contributed by atoms with Crippen LogP contribution in [-0.4, -0.2) is 46.0 Å². The molecule has 0 aliphatic rings. The van der Waals surface area contributed by atoms with Gasteiger partial charge < -0.3 is 19.9 Å². The molecule has 1 aromatic carbocycles. The quantitative estimate of drug-likeness (QED) is 0.671. The van der Waals surface area contributed by atoms with Crippen LogP contribution >= 0.6 is 0 Å². The van der Waals surface area contributed by atoms with Crippen molar-refractivity contribution in [3.63, 3.8) is 0 Å². The van der Waals surface area contributed by atoms with Crippen molar-refractivity contribution >= 4 is 28.6 Å². The van der Waals surface area contributed by atoms with E-state index in [0.29, 0.717) is 11.2 Å². The van der Waals surface area contributed by atoms with Crippen molar-refractivity contribution in [3.05, 3.63) is 41.7 Å². The van der Waals surface area contributed by atoms with Crippen molar-refractivity contribution in [1.29, 1.82) is 0 Å². The van der Waals surface area contributed by atoms with E-state index in [4.69, 9.17) is 9.47 Å². The second kappa shape index (κ2) is 7.55. The number of nitrogens with zero attached hydrogens (tertiary/aromatic N) is 3. The van der Waals surface area contributed by atoms with E-state index in [-0.39, 0.29) is 28.8 Å². The number of ether oxygens (including phenoxy) is 2. The fourth-order valence-electron chi connectivity index (χ4n) is 2.82. The maximum absolute atomic E-state index is 12.7. The number of pyridine rings is 1. The van der Waals surface area contributed by atoms with E-state index < -0.39 is 11.9 Å². The van der Waals surface area contributed by atoms with Gasteiger partial charge in [0.2, 0.25) is 0 Å². The minimum atomic E-state index is -1.15. The van der Waals surface area contributed by atoms with E-state index >= 15 is 0 Å². The molecule has 0 saturated heterocycles. The Hall–Kier alpha value is -3.62. The minimum absolute atomic E-state index is 0.0419. The summed E-state index contributed by atoms with van der Waals surface area (Å²) in [6.45, 7) is 3.98. The summed E-state index contributed by atoms with van der Waals surface area (Å²) in [5.41, 5.74) is 1.12. The standard InChI is InChI=1S/C19H20N4O5/c1-10(2)23-17-12(9-21-23)5-13(8-20-17)18(24)22-14-6-11(19(25)26)7-15(27-3)16(14)28-4/h5-10H,1-4H3,(H,22,24)(H,25,26). The summed E-state index contributed by atoms with van der Waals surface area (Å²) in [5, 5.41) is 17.0. The fraction of sp³-hybridized carbons (Fsp3) is 0.263. The topological polar surface area (TPSA) is 116 Å². The molecule has 9 nitrogen and oxygen atoms in total. The number of benzene rings is 1. The number of carbonyl (C=O) groups excluding carboxylic acids is 1. The Morgan fingerprint density at radius 1 is 1.11 bits per heavy atom. The lowest BCUT2D eigenvalue weighted by molar-refractivity contribution is 0.0696. The van der Waals surface area contributed by atoms with Crippen molar-refractivity contribution in [2.45, 2.75) is 19.9 Å². The molecule has 0 bridgehead atoms. The molecule has 0 saturated carbocycles. The summed E-state index contributed by atoms with van der Waals surface area (Å²) in [6.07, 6.45) is 3.09. The SMILES string of the molecule is COc1cc(C(=O)O)cc(NC(=O)c2cnc3c(cnn3C(C)C)c2)c1OC. The molecule has 0 unspecified atom stereocenters. The number of anilines is 1. The number of hydrogen-bond acceptors (Lipinski definition) is 6. The number of carboxylic acid groups (broad SMARTS) is 1. The van der Waals surface area contributed by atoms with E-state index in [1.165, 1.54) is 32.5 Å². The number of hydrogen-bond donors (Lipinski definition) is 2. The molecule has 2 N–H and O–H groups in total. The van der Waals surface area contributed by atoms with Gasteiger partial charge in [0, 0.05) is 17.6 Å². The number of nitrogens with one attached hydrogen (secondary N) is 1. The monoisotopic (exact) mass is 384 g/mol. The first-order chi connectivity index (χ1) is 13.3. The molecule has 146 valence electrons. The molecule has 3 rings (SSSR count). The summed E-state index contributed by atoms with van der Waals surface area (Å²) in [6, 6.07) is 4.45. The van der Waals surface area contributed by atoms with Gasteiger partial charge in [0.25, 0.3) is 5.91 Å². The number of amides is 1. The first-order valence-electron chi connectivity index (χ1n) is 8.49. The van der Waals surface area contributed by atoms with Gasteiger partial charge in [0.15, 0.2) is 17.1 Å².